The van der Waals surface area contributed by atoms with Crippen molar-refractivity contribution in [3.05, 3.63) is 64.9 Å². The van der Waals surface area contributed by atoms with Gasteiger partial charge < -0.3 is 5.32 Å². The van der Waals surface area contributed by atoms with Crippen molar-refractivity contribution in [3.8, 4) is 0 Å². The molecule has 1 N–H and O–H groups in total. The molecule has 0 atom stereocenters. The van der Waals surface area contributed by atoms with E-state index in [0.717, 1.165) is 6.26 Å². The van der Waals surface area contributed by atoms with E-state index >= 15 is 0 Å². The Kier molecular flexibility index (Phi) is 6.99. The zero-order valence-electron chi connectivity index (χ0n) is 14.3. The second-order valence-electron chi connectivity index (χ2n) is 5.82. The summed E-state index contributed by atoms with van der Waals surface area (Å²) in [6.45, 7) is 0.400. The van der Waals surface area contributed by atoms with Crippen LogP contribution in [0.25, 0.3) is 0 Å². The van der Waals surface area contributed by atoms with Crippen molar-refractivity contribution < 1.29 is 17.6 Å². The molecule has 8 heteroatoms. The molecule has 5 nitrogen and oxygen atoms in total. The molecule has 26 heavy (non-hydrogen) atoms. The van der Waals surface area contributed by atoms with Crippen LogP contribution in [0.5, 0.6) is 0 Å². The van der Waals surface area contributed by atoms with Crippen LogP contribution < -0.4 is 9.62 Å². The van der Waals surface area contributed by atoms with Crippen LogP contribution in [0, 0.1) is 5.82 Å². The number of amides is 1. The SMILES string of the molecule is CS(=O)(=O)N(CCCC(=O)NCc1cccc(F)c1)c1ccc(Cl)cc1. The van der Waals surface area contributed by atoms with Gasteiger partial charge in [0.1, 0.15) is 5.82 Å². The van der Waals surface area contributed by atoms with E-state index in [-0.39, 0.29) is 31.2 Å². The van der Waals surface area contributed by atoms with Gasteiger partial charge in [0.15, 0.2) is 0 Å². The maximum Gasteiger partial charge on any atom is 0.232 e. The lowest BCUT2D eigenvalue weighted by atomic mass is 10.2. The molecule has 2 rings (SSSR count). The van der Waals surface area contributed by atoms with E-state index in [4.69, 9.17) is 11.6 Å². The van der Waals surface area contributed by atoms with Gasteiger partial charge >= 0.3 is 0 Å². The van der Waals surface area contributed by atoms with Crippen LogP contribution in [0.1, 0.15) is 18.4 Å². The summed E-state index contributed by atoms with van der Waals surface area (Å²) >= 11 is 5.83. The summed E-state index contributed by atoms with van der Waals surface area (Å²) in [6.07, 6.45) is 1.63. The van der Waals surface area contributed by atoms with Gasteiger partial charge in [-0.05, 0) is 48.4 Å². The van der Waals surface area contributed by atoms with Gasteiger partial charge in [0.05, 0.1) is 11.9 Å². The molecule has 2 aromatic carbocycles. The number of hydrogen-bond acceptors (Lipinski definition) is 3. The third-order valence-electron chi connectivity index (χ3n) is 3.66. The molecule has 0 saturated carbocycles. The Bertz CT molecular complexity index is 857. The van der Waals surface area contributed by atoms with Gasteiger partial charge in [-0.2, -0.15) is 0 Å². The summed E-state index contributed by atoms with van der Waals surface area (Å²) in [5, 5.41) is 3.21. The number of rotatable bonds is 8. The first-order valence-corrected chi connectivity index (χ1v) is 10.2. The summed E-state index contributed by atoms with van der Waals surface area (Å²) in [5.41, 5.74) is 1.16. The van der Waals surface area contributed by atoms with Gasteiger partial charge in [-0.15, -0.1) is 0 Å². The zero-order chi connectivity index (χ0) is 19.2. The molecule has 0 aliphatic carbocycles. The Morgan fingerprint density at radius 3 is 2.50 bits per heavy atom. The average molecular weight is 399 g/mol. The van der Waals surface area contributed by atoms with Crippen molar-refractivity contribution >= 4 is 33.2 Å². The number of sulfonamides is 1. The van der Waals surface area contributed by atoms with Gasteiger partial charge in [0.25, 0.3) is 0 Å². The van der Waals surface area contributed by atoms with E-state index in [1.54, 1.807) is 36.4 Å². The summed E-state index contributed by atoms with van der Waals surface area (Å²) in [7, 11) is -3.47. The number of nitrogens with zero attached hydrogens (tertiary/aromatic N) is 1. The first kappa shape index (κ1) is 20.2. The number of carbonyl (C=O) groups is 1. The van der Waals surface area contributed by atoms with E-state index in [2.05, 4.69) is 5.32 Å². The van der Waals surface area contributed by atoms with E-state index in [1.807, 2.05) is 0 Å². The van der Waals surface area contributed by atoms with Gasteiger partial charge in [-0.1, -0.05) is 23.7 Å². The van der Waals surface area contributed by atoms with Crippen LogP contribution in [0.3, 0.4) is 0 Å². The van der Waals surface area contributed by atoms with Gasteiger partial charge in [-0.25, -0.2) is 12.8 Å². The Morgan fingerprint density at radius 1 is 1.19 bits per heavy atom. The molecule has 0 heterocycles. The highest BCUT2D eigenvalue weighted by molar-refractivity contribution is 7.92. The molecule has 0 spiro atoms. The second-order valence-corrected chi connectivity index (χ2v) is 8.16. The highest BCUT2D eigenvalue weighted by Crippen LogP contribution is 2.20. The van der Waals surface area contributed by atoms with E-state index < -0.39 is 10.0 Å². The minimum absolute atomic E-state index is 0.162. The zero-order valence-corrected chi connectivity index (χ0v) is 15.9. The molecule has 0 aliphatic heterocycles. The third-order valence-corrected chi connectivity index (χ3v) is 5.10. The average Bonchev–Trinajstić information content (AvgIpc) is 2.57. The monoisotopic (exact) mass is 398 g/mol. The second kappa shape index (κ2) is 9.00. The molecule has 2 aromatic rings. The number of hydrogen-bond donors (Lipinski definition) is 1. The standard InChI is InChI=1S/C18H20ClFN2O3S/c1-26(24,25)22(17-9-7-15(19)8-10-17)11-3-6-18(23)21-13-14-4-2-5-16(20)12-14/h2,4-5,7-10,12H,3,6,11,13H2,1H3,(H,21,23). The topological polar surface area (TPSA) is 66.5 Å². The van der Waals surface area contributed by atoms with Crippen molar-refractivity contribution in [3.63, 3.8) is 0 Å². The van der Waals surface area contributed by atoms with Crippen molar-refractivity contribution in [1.82, 2.24) is 5.32 Å². The quantitative estimate of drug-likeness (QED) is 0.741. The third kappa shape index (κ3) is 6.31. The first-order valence-electron chi connectivity index (χ1n) is 8.00. The van der Waals surface area contributed by atoms with E-state index in [1.165, 1.54) is 16.4 Å². The molecule has 0 radical (unpaired) electrons. The Morgan fingerprint density at radius 2 is 1.88 bits per heavy atom. The Hall–Kier alpha value is -2.12. The fourth-order valence-corrected chi connectivity index (χ4v) is 3.50. The van der Waals surface area contributed by atoms with E-state index in [0.29, 0.717) is 22.7 Å². The molecule has 140 valence electrons. The lowest BCUT2D eigenvalue weighted by Gasteiger charge is -2.22. The van der Waals surface area contributed by atoms with Gasteiger partial charge in [-0.3, -0.25) is 9.10 Å². The molecule has 0 saturated heterocycles. The van der Waals surface area contributed by atoms with Crippen molar-refractivity contribution in [2.24, 2.45) is 0 Å². The summed E-state index contributed by atoms with van der Waals surface area (Å²) in [6, 6.07) is 12.4. The van der Waals surface area contributed by atoms with Crippen LogP contribution >= 0.6 is 11.6 Å². The van der Waals surface area contributed by atoms with Gasteiger partial charge in [0.2, 0.25) is 15.9 Å². The minimum atomic E-state index is -3.47. The molecule has 0 fully saturated rings. The highest BCUT2D eigenvalue weighted by Gasteiger charge is 2.17. The molecule has 0 aromatic heterocycles. The highest BCUT2D eigenvalue weighted by atomic mass is 35.5. The van der Waals surface area contributed by atoms with Crippen molar-refractivity contribution in [2.45, 2.75) is 19.4 Å². The molecule has 0 aliphatic rings. The normalized spacial score (nSPS) is 11.2. The fraction of sp³-hybridized carbons (Fsp3) is 0.278. The van der Waals surface area contributed by atoms with Crippen LogP contribution in [0.4, 0.5) is 10.1 Å². The number of anilines is 1. The lowest BCUT2D eigenvalue weighted by molar-refractivity contribution is -0.121. The summed E-state index contributed by atoms with van der Waals surface area (Å²) < 4.78 is 38.3. The number of halogens is 2. The lowest BCUT2D eigenvalue weighted by Crippen LogP contribution is -2.32. The summed E-state index contributed by atoms with van der Waals surface area (Å²) in [5.74, 6) is -0.581. The molecular weight excluding hydrogens is 379 g/mol. The summed E-state index contributed by atoms with van der Waals surface area (Å²) in [4.78, 5) is 11.9. The first-order chi connectivity index (χ1) is 12.3. The van der Waals surface area contributed by atoms with Crippen LogP contribution in [0.15, 0.2) is 48.5 Å². The number of benzene rings is 2. The molecule has 1 amide bonds. The minimum Gasteiger partial charge on any atom is -0.352 e. The molecule has 0 unspecified atom stereocenters. The maximum atomic E-state index is 13.1. The Labute approximate surface area is 157 Å². The largest absolute Gasteiger partial charge is 0.352 e. The number of nitrogens with one attached hydrogen (secondary N) is 1. The van der Waals surface area contributed by atoms with Crippen LogP contribution in [-0.2, 0) is 21.4 Å². The van der Waals surface area contributed by atoms with Gasteiger partial charge in [0, 0.05) is 24.5 Å². The smallest absolute Gasteiger partial charge is 0.232 e. The predicted octanol–water partition coefficient (Wildman–Crippen LogP) is 3.34. The predicted molar refractivity (Wildman–Crippen MR) is 101 cm³/mol. The van der Waals surface area contributed by atoms with Crippen LogP contribution in [-0.4, -0.2) is 27.1 Å². The molecular formula is C18H20ClFN2O3S. The van der Waals surface area contributed by atoms with Crippen molar-refractivity contribution in [2.75, 3.05) is 17.1 Å². The number of carbonyl (C=O) groups excluding carboxylic acids is 1. The van der Waals surface area contributed by atoms with E-state index in [9.17, 15) is 17.6 Å². The Balaban J connectivity index is 1.87. The fourth-order valence-electron chi connectivity index (χ4n) is 2.41. The van der Waals surface area contributed by atoms with Crippen molar-refractivity contribution in [1.29, 1.82) is 0 Å². The maximum absolute atomic E-state index is 13.1. The van der Waals surface area contributed by atoms with Crippen LogP contribution in [0.2, 0.25) is 5.02 Å². The molecule has 0 bridgehead atoms.